The maximum atomic E-state index is 13.5. The standard InChI is InChI=1S/C26H28N6O5S/c1-31-22-20(14-21(25(31)34)23(33)30-16-19-4-2-18(15-27)3-5-19)6-9-29-24(22)37-17-26(7-8-26)38(28,35)32-10-12-36-13-11-32/h2-6,9,14,28H,7-8,10-13,16-17H2,1H3,(H,30,33)/t38-/m1/s1. The normalized spacial score (nSPS) is 18.3. The summed E-state index contributed by atoms with van der Waals surface area (Å²) < 4.78 is 35.7. The molecule has 3 heterocycles. The Hall–Kier alpha value is -3.79. The Balaban J connectivity index is 1.35. The van der Waals surface area contributed by atoms with E-state index in [1.807, 2.05) is 6.07 Å². The van der Waals surface area contributed by atoms with Crippen molar-refractivity contribution < 1.29 is 18.5 Å². The largest absolute Gasteiger partial charge is 0.474 e. The fourth-order valence-corrected chi connectivity index (χ4v) is 6.65. The fourth-order valence-electron chi connectivity index (χ4n) is 4.56. The van der Waals surface area contributed by atoms with Gasteiger partial charge in [-0.3, -0.25) is 9.59 Å². The molecule has 1 aromatic carbocycles. The van der Waals surface area contributed by atoms with Crippen molar-refractivity contribution in [3.05, 3.63) is 69.6 Å². The lowest BCUT2D eigenvalue weighted by Gasteiger charge is -2.32. The van der Waals surface area contributed by atoms with Crippen molar-refractivity contribution in [2.24, 2.45) is 7.05 Å². The van der Waals surface area contributed by atoms with Crippen LogP contribution in [0, 0.1) is 16.1 Å². The van der Waals surface area contributed by atoms with Gasteiger partial charge in [0, 0.05) is 38.3 Å². The van der Waals surface area contributed by atoms with E-state index in [0.717, 1.165) is 5.56 Å². The highest BCUT2D eigenvalue weighted by atomic mass is 32.2. The van der Waals surface area contributed by atoms with Gasteiger partial charge >= 0.3 is 0 Å². The van der Waals surface area contributed by atoms with Crippen molar-refractivity contribution in [1.29, 1.82) is 10.0 Å². The highest BCUT2D eigenvalue weighted by molar-refractivity contribution is 7.91. The number of nitrogens with one attached hydrogen (secondary N) is 2. The molecule has 1 saturated carbocycles. The van der Waals surface area contributed by atoms with Gasteiger partial charge in [-0.05, 0) is 42.7 Å². The van der Waals surface area contributed by atoms with Crippen molar-refractivity contribution in [1.82, 2.24) is 19.2 Å². The molecule has 5 rings (SSSR count). The molecule has 2 aromatic heterocycles. The van der Waals surface area contributed by atoms with Gasteiger partial charge in [0.2, 0.25) is 5.88 Å². The molecule has 1 atom stereocenters. The number of pyridine rings is 2. The van der Waals surface area contributed by atoms with Crippen LogP contribution in [0.1, 0.15) is 34.3 Å². The summed E-state index contributed by atoms with van der Waals surface area (Å²) in [7, 11) is -1.53. The first-order chi connectivity index (χ1) is 18.3. The first-order valence-electron chi connectivity index (χ1n) is 12.3. The summed E-state index contributed by atoms with van der Waals surface area (Å²) in [5.41, 5.74) is 1.21. The average molecular weight is 537 g/mol. The molecule has 12 heteroatoms. The lowest BCUT2D eigenvalue weighted by Crippen LogP contribution is -2.47. The number of aromatic nitrogens is 2. The number of benzene rings is 1. The van der Waals surface area contributed by atoms with Crippen LogP contribution in [-0.2, 0) is 28.2 Å². The van der Waals surface area contributed by atoms with Crippen LogP contribution in [0.3, 0.4) is 0 Å². The number of carbonyl (C=O) groups is 1. The predicted octanol–water partition coefficient (Wildman–Crippen LogP) is 1.94. The summed E-state index contributed by atoms with van der Waals surface area (Å²) in [5, 5.41) is 12.3. The molecule has 1 aliphatic heterocycles. The first kappa shape index (κ1) is 25.8. The molecule has 1 saturated heterocycles. The van der Waals surface area contributed by atoms with Crippen LogP contribution in [0.4, 0.5) is 0 Å². The van der Waals surface area contributed by atoms with Gasteiger partial charge in [0.15, 0.2) is 0 Å². The molecular formula is C26H28N6O5S. The van der Waals surface area contributed by atoms with E-state index in [0.29, 0.717) is 55.6 Å². The Morgan fingerprint density at radius 3 is 2.63 bits per heavy atom. The number of morpholine rings is 1. The van der Waals surface area contributed by atoms with E-state index >= 15 is 0 Å². The van der Waals surface area contributed by atoms with Gasteiger partial charge in [-0.15, -0.1) is 0 Å². The van der Waals surface area contributed by atoms with E-state index in [1.165, 1.54) is 16.8 Å². The van der Waals surface area contributed by atoms with E-state index in [-0.39, 0.29) is 24.6 Å². The molecule has 1 amide bonds. The zero-order valence-electron chi connectivity index (χ0n) is 20.9. The van der Waals surface area contributed by atoms with Gasteiger partial charge in [-0.25, -0.2) is 18.3 Å². The van der Waals surface area contributed by atoms with Gasteiger partial charge in [-0.2, -0.15) is 5.26 Å². The smallest absolute Gasteiger partial charge is 0.263 e. The summed E-state index contributed by atoms with van der Waals surface area (Å²) in [6.07, 6.45) is 2.75. The van der Waals surface area contributed by atoms with E-state index < -0.39 is 26.1 Å². The molecular weight excluding hydrogens is 508 g/mol. The first-order valence-corrected chi connectivity index (χ1v) is 13.8. The van der Waals surface area contributed by atoms with Crippen LogP contribution < -0.4 is 15.6 Å². The lowest BCUT2D eigenvalue weighted by atomic mass is 10.1. The Kier molecular flexibility index (Phi) is 6.92. The summed E-state index contributed by atoms with van der Waals surface area (Å²) in [6, 6.07) is 12.1. The van der Waals surface area contributed by atoms with Gasteiger partial charge in [0.05, 0.1) is 24.8 Å². The van der Waals surface area contributed by atoms with E-state index in [9.17, 15) is 13.8 Å². The number of nitrogens with zero attached hydrogens (tertiary/aromatic N) is 4. The second-order valence-electron chi connectivity index (χ2n) is 9.51. The Bertz CT molecular complexity index is 1580. The maximum Gasteiger partial charge on any atom is 0.263 e. The van der Waals surface area contributed by atoms with Crippen LogP contribution in [0.2, 0.25) is 0 Å². The predicted molar refractivity (Wildman–Crippen MR) is 140 cm³/mol. The number of amides is 1. The second kappa shape index (κ2) is 10.2. The molecule has 2 aliphatic rings. The number of carbonyl (C=O) groups excluding carboxylic acids is 1. The minimum atomic E-state index is -3.08. The Labute approximate surface area is 220 Å². The molecule has 3 aromatic rings. The highest BCUT2D eigenvalue weighted by Crippen LogP contribution is 2.46. The van der Waals surface area contributed by atoms with Crippen LogP contribution >= 0.6 is 0 Å². The summed E-state index contributed by atoms with van der Waals surface area (Å²) in [4.78, 5) is 30.3. The van der Waals surface area contributed by atoms with Crippen LogP contribution in [0.15, 0.2) is 47.4 Å². The van der Waals surface area contributed by atoms with E-state index in [2.05, 4.69) is 10.3 Å². The summed E-state index contributed by atoms with van der Waals surface area (Å²) >= 11 is 0. The number of rotatable bonds is 8. The second-order valence-corrected chi connectivity index (χ2v) is 11.9. The number of hydrogen-bond acceptors (Lipinski definition) is 8. The van der Waals surface area contributed by atoms with Gasteiger partial charge in [0.1, 0.15) is 32.3 Å². The Morgan fingerprint density at radius 2 is 1.97 bits per heavy atom. The van der Waals surface area contributed by atoms with Gasteiger partial charge < -0.3 is 19.4 Å². The molecule has 11 nitrogen and oxygen atoms in total. The third-order valence-electron chi connectivity index (χ3n) is 7.07. The summed E-state index contributed by atoms with van der Waals surface area (Å²) in [6.45, 7) is 2.03. The van der Waals surface area contributed by atoms with Crippen molar-refractivity contribution >= 4 is 26.7 Å². The number of nitriles is 1. The van der Waals surface area contributed by atoms with Crippen molar-refractivity contribution in [2.45, 2.75) is 24.1 Å². The van der Waals surface area contributed by atoms with Gasteiger partial charge in [0.25, 0.3) is 11.5 Å². The molecule has 198 valence electrons. The number of hydrogen-bond donors (Lipinski definition) is 2. The van der Waals surface area contributed by atoms with Crippen molar-refractivity contribution in [3.63, 3.8) is 0 Å². The average Bonchev–Trinajstić information content (AvgIpc) is 3.75. The molecule has 0 spiro atoms. The molecule has 0 unspecified atom stereocenters. The van der Waals surface area contributed by atoms with E-state index in [4.69, 9.17) is 19.5 Å². The summed E-state index contributed by atoms with van der Waals surface area (Å²) in [5.74, 6) is -0.331. The topological polar surface area (TPSA) is 150 Å². The minimum absolute atomic E-state index is 0.0223. The SMILES string of the molecule is Cn1c(=O)c(C(=O)NCc2ccc(C#N)cc2)cc2ccnc(OCC3([S@](=N)(=O)N4CCOCC4)CC3)c21. The van der Waals surface area contributed by atoms with Crippen LogP contribution in [-0.4, -0.2) is 61.6 Å². The maximum absolute atomic E-state index is 13.5. The lowest BCUT2D eigenvalue weighted by molar-refractivity contribution is 0.0735. The van der Waals surface area contributed by atoms with Crippen LogP contribution in [0.25, 0.3) is 10.9 Å². The monoisotopic (exact) mass is 536 g/mol. The zero-order chi connectivity index (χ0) is 26.9. The zero-order valence-corrected chi connectivity index (χ0v) is 21.8. The Morgan fingerprint density at radius 1 is 1.26 bits per heavy atom. The number of aryl methyl sites for hydroxylation is 1. The molecule has 2 N–H and O–H groups in total. The van der Waals surface area contributed by atoms with Gasteiger partial charge in [-0.1, -0.05) is 12.1 Å². The minimum Gasteiger partial charge on any atom is -0.474 e. The highest BCUT2D eigenvalue weighted by Gasteiger charge is 2.55. The van der Waals surface area contributed by atoms with Crippen LogP contribution in [0.5, 0.6) is 5.88 Å². The van der Waals surface area contributed by atoms with Crippen molar-refractivity contribution in [3.8, 4) is 11.9 Å². The third kappa shape index (κ3) is 4.76. The van der Waals surface area contributed by atoms with E-state index in [1.54, 1.807) is 41.7 Å². The number of fused-ring (bicyclic) bond motifs is 1. The molecule has 38 heavy (non-hydrogen) atoms. The van der Waals surface area contributed by atoms with Crippen molar-refractivity contribution in [2.75, 3.05) is 32.9 Å². The molecule has 0 radical (unpaired) electrons. The quantitative estimate of drug-likeness (QED) is 0.447. The molecule has 0 bridgehead atoms. The fraction of sp³-hybridized carbons (Fsp3) is 0.385. The molecule has 2 fully saturated rings. The number of ether oxygens (including phenoxy) is 2. The molecule has 1 aliphatic carbocycles. The third-order valence-corrected chi connectivity index (χ3v) is 9.87.